The van der Waals surface area contributed by atoms with E-state index < -0.39 is 12.7 Å². The molecule has 0 aliphatic carbocycles. The highest BCUT2D eigenvalue weighted by molar-refractivity contribution is 14.0. The summed E-state index contributed by atoms with van der Waals surface area (Å²) in [5.41, 5.74) is 1.06. The first-order chi connectivity index (χ1) is 11.8. The van der Waals surface area contributed by atoms with Gasteiger partial charge in [-0.15, -0.1) is 24.0 Å². The Morgan fingerprint density at radius 3 is 2.77 bits per heavy atom. The van der Waals surface area contributed by atoms with Gasteiger partial charge in [0.2, 0.25) is 0 Å². The molecule has 1 N–H and O–H groups in total. The first-order valence-electron chi connectivity index (χ1n) is 8.22. The third-order valence-electron chi connectivity index (χ3n) is 4.20. The second-order valence-corrected chi connectivity index (χ2v) is 6.86. The summed E-state index contributed by atoms with van der Waals surface area (Å²) in [6.07, 6.45) is -3.37. The minimum atomic E-state index is -4.13. The van der Waals surface area contributed by atoms with Crippen LogP contribution in [0.25, 0.3) is 0 Å². The zero-order valence-corrected chi connectivity index (χ0v) is 18.0. The molecular weight excluding hydrogens is 480 g/mol. The van der Waals surface area contributed by atoms with Crippen molar-refractivity contribution >= 4 is 41.5 Å². The molecule has 1 saturated heterocycles. The predicted molar refractivity (Wildman–Crippen MR) is 110 cm³/mol. The third-order valence-corrected chi connectivity index (χ3v) is 4.44. The maximum absolute atomic E-state index is 12.5. The van der Waals surface area contributed by atoms with Gasteiger partial charge >= 0.3 is 6.18 Å². The Labute approximate surface area is 174 Å². The number of hydrogen-bond acceptors (Lipinski definition) is 2. The molecule has 0 spiro atoms. The smallest absolute Gasteiger partial charge is 0.356 e. The van der Waals surface area contributed by atoms with E-state index in [1.807, 2.05) is 36.2 Å². The van der Waals surface area contributed by atoms with Crippen molar-refractivity contribution < 1.29 is 13.2 Å². The van der Waals surface area contributed by atoms with Crippen molar-refractivity contribution in [2.45, 2.75) is 19.1 Å². The maximum Gasteiger partial charge on any atom is 0.401 e. The highest BCUT2D eigenvalue weighted by Crippen LogP contribution is 2.22. The lowest BCUT2D eigenvalue weighted by Gasteiger charge is -2.24. The monoisotopic (exact) mass is 504 g/mol. The van der Waals surface area contributed by atoms with Crippen LogP contribution in [0.3, 0.4) is 0 Å². The number of halogens is 5. The molecule has 1 aromatic carbocycles. The van der Waals surface area contributed by atoms with Crippen LogP contribution in [0, 0.1) is 5.92 Å². The number of aliphatic imine (C=N–C) groups is 1. The third kappa shape index (κ3) is 7.87. The number of rotatable bonds is 5. The largest absolute Gasteiger partial charge is 0.401 e. The van der Waals surface area contributed by atoms with Crippen LogP contribution in [0.4, 0.5) is 13.2 Å². The van der Waals surface area contributed by atoms with Gasteiger partial charge in [0.1, 0.15) is 0 Å². The fourth-order valence-corrected chi connectivity index (χ4v) is 3.29. The van der Waals surface area contributed by atoms with Gasteiger partial charge in [0.25, 0.3) is 0 Å². The van der Waals surface area contributed by atoms with E-state index in [1.54, 1.807) is 7.05 Å². The zero-order valence-electron chi connectivity index (χ0n) is 14.9. The van der Waals surface area contributed by atoms with Gasteiger partial charge in [-0.05, 0) is 36.6 Å². The molecule has 26 heavy (non-hydrogen) atoms. The lowest BCUT2D eigenvalue weighted by Crippen LogP contribution is -2.41. The summed E-state index contributed by atoms with van der Waals surface area (Å²) < 4.78 is 37.4. The number of benzene rings is 1. The molecule has 1 atom stereocenters. The highest BCUT2D eigenvalue weighted by atomic mass is 127. The molecule has 0 saturated carbocycles. The summed E-state index contributed by atoms with van der Waals surface area (Å²) >= 11 is 6.00. The molecule has 148 valence electrons. The molecular formula is C17H25ClF3IN4. The van der Waals surface area contributed by atoms with Crippen molar-refractivity contribution in [1.29, 1.82) is 0 Å². The summed E-state index contributed by atoms with van der Waals surface area (Å²) in [6, 6.07) is 7.61. The average Bonchev–Trinajstić information content (AvgIpc) is 2.93. The average molecular weight is 505 g/mol. The molecule has 0 radical (unpaired) electrons. The molecule has 1 fully saturated rings. The predicted octanol–water partition coefficient (Wildman–Crippen LogP) is 3.85. The van der Waals surface area contributed by atoms with E-state index in [0.717, 1.165) is 12.0 Å². The van der Waals surface area contributed by atoms with Crippen LogP contribution in [0.5, 0.6) is 0 Å². The van der Waals surface area contributed by atoms with E-state index in [4.69, 9.17) is 11.6 Å². The first kappa shape index (κ1) is 23.3. The number of guanidine groups is 1. The van der Waals surface area contributed by atoms with Crippen LogP contribution in [-0.4, -0.2) is 62.2 Å². The Kier molecular flexibility index (Phi) is 9.46. The molecule has 1 heterocycles. The summed E-state index contributed by atoms with van der Waals surface area (Å²) in [5.74, 6) is 0.910. The number of likely N-dealkylation sites (tertiary alicyclic amines) is 1. The molecule has 0 aromatic heterocycles. The van der Waals surface area contributed by atoms with Crippen molar-refractivity contribution in [2.24, 2.45) is 10.9 Å². The highest BCUT2D eigenvalue weighted by Gasteiger charge is 2.34. The minimum absolute atomic E-state index is 0. The lowest BCUT2D eigenvalue weighted by atomic mass is 10.1. The molecule has 1 aliphatic heterocycles. The van der Waals surface area contributed by atoms with Gasteiger partial charge in [0.05, 0.1) is 6.54 Å². The Balaban J connectivity index is 0.00000338. The van der Waals surface area contributed by atoms with Crippen LogP contribution >= 0.6 is 35.6 Å². The van der Waals surface area contributed by atoms with Gasteiger partial charge in [-0.2, -0.15) is 13.2 Å². The van der Waals surface area contributed by atoms with Gasteiger partial charge in [-0.1, -0.05) is 23.7 Å². The van der Waals surface area contributed by atoms with E-state index in [9.17, 15) is 13.2 Å². The van der Waals surface area contributed by atoms with Crippen molar-refractivity contribution in [2.75, 3.05) is 40.3 Å². The molecule has 1 unspecified atom stereocenters. The maximum atomic E-state index is 12.5. The van der Waals surface area contributed by atoms with Crippen molar-refractivity contribution in [1.82, 2.24) is 15.1 Å². The van der Waals surface area contributed by atoms with E-state index in [0.29, 0.717) is 37.2 Å². The van der Waals surface area contributed by atoms with Gasteiger partial charge in [-0.25, -0.2) is 0 Å². The number of hydrogen-bond donors (Lipinski definition) is 1. The SMILES string of the molecule is CN=C(NCC1CCN(CC(F)(F)F)C1)N(C)Cc1cccc(Cl)c1.I. The molecule has 0 amide bonds. The van der Waals surface area contributed by atoms with Crippen molar-refractivity contribution in [3.8, 4) is 0 Å². The molecule has 2 rings (SSSR count). The summed E-state index contributed by atoms with van der Waals surface area (Å²) in [4.78, 5) is 7.68. The molecule has 1 aromatic rings. The normalized spacial score (nSPS) is 18.5. The number of nitrogens with zero attached hydrogens (tertiary/aromatic N) is 3. The minimum Gasteiger partial charge on any atom is -0.356 e. The molecule has 0 bridgehead atoms. The van der Waals surface area contributed by atoms with E-state index in [-0.39, 0.29) is 29.9 Å². The van der Waals surface area contributed by atoms with Crippen molar-refractivity contribution in [3.63, 3.8) is 0 Å². The van der Waals surface area contributed by atoms with Crippen molar-refractivity contribution in [3.05, 3.63) is 34.9 Å². The van der Waals surface area contributed by atoms with E-state index in [1.165, 1.54) is 4.90 Å². The standard InChI is InChI=1S/C17H24ClF3N4.HI/c1-22-16(24(2)10-13-4-3-5-15(18)8-13)23-9-14-6-7-25(11-14)12-17(19,20)21;/h3-5,8,14H,6-7,9-12H2,1-2H3,(H,22,23);1H. The van der Waals surface area contributed by atoms with Crippen LogP contribution in [0.2, 0.25) is 5.02 Å². The lowest BCUT2D eigenvalue weighted by molar-refractivity contribution is -0.143. The quantitative estimate of drug-likeness (QED) is 0.375. The van der Waals surface area contributed by atoms with E-state index in [2.05, 4.69) is 10.3 Å². The zero-order chi connectivity index (χ0) is 18.4. The Bertz CT molecular complexity index is 598. The summed E-state index contributed by atoms with van der Waals surface area (Å²) in [6.45, 7) is 1.38. The molecule has 1 aliphatic rings. The van der Waals surface area contributed by atoms with E-state index >= 15 is 0 Å². The Hall–Kier alpha value is -0.740. The van der Waals surface area contributed by atoms with Crippen LogP contribution in [0.1, 0.15) is 12.0 Å². The second kappa shape index (κ2) is 10.6. The fourth-order valence-electron chi connectivity index (χ4n) is 3.08. The summed E-state index contributed by atoms with van der Waals surface area (Å²) in [7, 11) is 3.61. The number of alkyl halides is 3. The Morgan fingerprint density at radius 1 is 1.42 bits per heavy atom. The fraction of sp³-hybridized carbons (Fsp3) is 0.588. The molecule has 9 heteroatoms. The van der Waals surface area contributed by atoms with Gasteiger partial charge in [0, 0.05) is 38.8 Å². The van der Waals surface area contributed by atoms with Crippen LogP contribution in [0.15, 0.2) is 29.3 Å². The van der Waals surface area contributed by atoms with Gasteiger partial charge in [0.15, 0.2) is 5.96 Å². The topological polar surface area (TPSA) is 30.9 Å². The van der Waals surface area contributed by atoms with Gasteiger partial charge in [-0.3, -0.25) is 9.89 Å². The van der Waals surface area contributed by atoms with Crippen LogP contribution in [-0.2, 0) is 6.54 Å². The Morgan fingerprint density at radius 2 is 2.15 bits per heavy atom. The first-order valence-corrected chi connectivity index (χ1v) is 8.60. The summed E-state index contributed by atoms with van der Waals surface area (Å²) in [5, 5.41) is 3.95. The van der Waals surface area contributed by atoms with Gasteiger partial charge < -0.3 is 10.2 Å². The van der Waals surface area contributed by atoms with Crippen LogP contribution < -0.4 is 5.32 Å². The second-order valence-electron chi connectivity index (χ2n) is 6.42. The number of nitrogens with one attached hydrogen (secondary N) is 1. The molecule has 4 nitrogen and oxygen atoms in total.